The fourth-order valence-electron chi connectivity index (χ4n) is 3.24. The number of ether oxygens (including phenoxy) is 1. The molecule has 1 aromatic carbocycles. The molecule has 0 amide bonds. The molecular formula is C17H26ClNO. The summed E-state index contributed by atoms with van der Waals surface area (Å²) in [6, 6.07) is 6.55. The molecule has 1 fully saturated rings. The molecule has 3 heteroatoms. The molecule has 1 aliphatic rings. The minimum atomic E-state index is 0.145. The third-order valence-electron chi connectivity index (χ3n) is 3.84. The second kappa shape index (κ2) is 6.71. The number of halogens is 1. The number of hydrogen-bond acceptors (Lipinski definition) is 2. The molecule has 1 aromatic rings. The first-order valence-electron chi connectivity index (χ1n) is 7.66. The molecule has 20 heavy (non-hydrogen) atoms. The van der Waals surface area contributed by atoms with Crippen molar-refractivity contribution in [2.24, 2.45) is 11.8 Å². The third kappa shape index (κ3) is 4.31. The first kappa shape index (κ1) is 15.5. The van der Waals surface area contributed by atoms with Gasteiger partial charge in [-0.2, -0.15) is 0 Å². The van der Waals surface area contributed by atoms with Crippen molar-refractivity contribution in [3.05, 3.63) is 23.2 Å². The van der Waals surface area contributed by atoms with E-state index in [-0.39, 0.29) is 6.10 Å². The van der Waals surface area contributed by atoms with E-state index in [2.05, 4.69) is 25.2 Å². The molecule has 0 saturated heterocycles. The molecule has 2 atom stereocenters. The summed E-state index contributed by atoms with van der Waals surface area (Å²) in [5, 5.41) is 4.30. The van der Waals surface area contributed by atoms with Crippen LogP contribution in [0.3, 0.4) is 0 Å². The molecule has 0 radical (unpaired) electrons. The number of nitrogens with one attached hydrogen (secondary N) is 1. The Morgan fingerprint density at radius 2 is 1.80 bits per heavy atom. The molecule has 2 nitrogen and oxygen atoms in total. The van der Waals surface area contributed by atoms with Crippen LogP contribution in [0.25, 0.3) is 0 Å². The van der Waals surface area contributed by atoms with E-state index < -0.39 is 0 Å². The highest BCUT2D eigenvalue weighted by atomic mass is 35.5. The van der Waals surface area contributed by atoms with Gasteiger partial charge in [-0.1, -0.05) is 25.4 Å². The van der Waals surface area contributed by atoms with Gasteiger partial charge in [0.05, 0.1) is 11.1 Å². The molecule has 112 valence electrons. The summed E-state index contributed by atoms with van der Waals surface area (Å²) in [5.41, 5.74) is 1.09. The quantitative estimate of drug-likeness (QED) is 0.807. The average molecular weight is 296 g/mol. The van der Waals surface area contributed by atoms with Crippen LogP contribution in [0.4, 0.5) is 5.69 Å². The maximum atomic E-state index is 6.28. The van der Waals surface area contributed by atoms with Gasteiger partial charge in [0.2, 0.25) is 0 Å². The first-order valence-corrected chi connectivity index (χ1v) is 8.04. The van der Waals surface area contributed by atoms with Gasteiger partial charge in [-0.15, -0.1) is 0 Å². The lowest BCUT2D eigenvalue weighted by molar-refractivity contribution is 0.242. The minimum absolute atomic E-state index is 0.145. The van der Waals surface area contributed by atoms with Crippen LogP contribution in [0, 0.1) is 11.8 Å². The maximum absolute atomic E-state index is 6.28. The summed E-state index contributed by atoms with van der Waals surface area (Å²) < 4.78 is 5.66. The highest BCUT2D eigenvalue weighted by Crippen LogP contribution is 2.33. The molecule has 1 aliphatic carbocycles. The third-order valence-corrected chi connectivity index (χ3v) is 4.14. The van der Waals surface area contributed by atoms with Gasteiger partial charge >= 0.3 is 0 Å². The number of rotatable bonds is 4. The van der Waals surface area contributed by atoms with Gasteiger partial charge in [0.15, 0.2) is 0 Å². The second-order valence-electron chi connectivity index (χ2n) is 6.57. The van der Waals surface area contributed by atoms with E-state index in [0.29, 0.717) is 11.1 Å². The minimum Gasteiger partial charge on any atom is -0.489 e. The summed E-state index contributed by atoms with van der Waals surface area (Å²) >= 11 is 6.28. The SMILES string of the molecule is CC1CC(C)CC(Nc2ccc(OC(C)C)c(Cl)c2)C1. The van der Waals surface area contributed by atoms with Crippen LogP contribution in [0.15, 0.2) is 18.2 Å². The molecule has 1 saturated carbocycles. The van der Waals surface area contributed by atoms with E-state index in [1.54, 1.807) is 0 Å². The lowest BCUT2D eigenvalue weighted by Crippen LogP contribution is -2.30. The predicted octanol–water partition coefficient (Wildman–Crippen LogP) is 5.36. The molecular weight excluding hydrogens is 270 g/mol. The van der Waals surface area contributed by atoms with Crippen LogP contribution in [-0.4, -0.2) is 12.1 Å². The van der Waals surface area contributed by atoms with Crippen molar-refractivity contribution < 1.29 is 4.74 Å². The van der Waals surface area contributed by atoms with Gasteiger partial charge in [0.25, 0.3) is 0 Å². The highest BCUT2D eigenvalue weighted by Gasteiger charge is 2.23. The number of anilines is 1. The van der Waals surface area contributed by atoms with Crippen LogP contribution < -0.4 is 10.1 Å². The Labute approximate surface area is 127 Å². The monoisotopic (exact) mass is 295 g/mol. The van der Waals surface area contributed by atoms with Crippen LogP contribution in [0.2, 0.25) is 5.02 Å². The van der Waals surface area contributed by atoms with Gasteiger partial charge in [0, 0.05) is 11.7 Å². The molecule has 0 spiro atoms. The van der Waals surface area contributed by atoms with Crippen molar-refractivity contribution in [2.75, 3.05) is 5.32 Å². The van der Waals surface area contributed by atoms with Crippen LogP contribution in [0.1, 0.15) is 47.0 Å². The number of hydrogen-bond donors (Lipinski definition) is 1. The molecule has 0 aliphatic heterocycles. The summed E-state index contributed by atoms with van der Waals surface area (Å²) in [6.07, 6.45) is 3.98. The largest absolute Gasteiger partial charge is 0.489 e. The van der Waals surface area contributed by atoms with E-state index in [9.17, 15) is 0 Å². The van der Waals surface area contributed by atoms with Crippen LogP contribution in [0.5, 0.6) is 5.75 Å². The standard InChI is InChI=1S/C17H26ClNO/c1-11(2)20-17-6-5-14(10-16(17)18)19-15-8-12(3)7-13(4)9-15/h5-6,10-13,15,19H,7-9H2,1-4H3. The summed E-state index contributed by atoms with van der Waals surface area (Å²) in [5.74, 6) is 2.36. The predicted molar refractivity (Wildman–Crippen MR) is 86.8 cm³/mol. The average Bonchev–Trinajstić information content (AvgIpc) is 2.31. The Morgan fingerprint density at radius 3 is 2.35 bits per heavy atom. The zero-order chi connectivity index (χ0) is 14.7. The van der Waals surface area contributed by atoms with Gasteiger partial charge in [-0.3, -0.25) is 0 Å². The Kier molecular flexibility index (Phi) is 5.20. The molecule has 0 aromatic heterocycles. The normalized spacial score (nSPS) is 26.6. The maximum Gasteiger partial charge on any atom is 0.138 e. The first-order chi connectivity index (χ1) is 9.44. The zero-order valence-electron chi connectivity index (χ0n) is 12.9. The smallest absolute Gasteiger partial charge is 0.138 e. The van der Waals surface area contributed by atoms with Crippen molar-refractivity contribution in [1.82, 2.24) is 0 Å². The van der Waals surface area contributed by atoms with E-state index in [1.807, 2.05) is 26.0 Å². The zero-order valence-corrected chi connectivity index (χ0v) is 13.7. The topological polar surface area (TPSA) is 21.3 Å². The van der Waals surface area contributed by atoms with Gasteiger partial charge in [-0.05, 0) is 63.1 Å². The Hall–Kier alpha value is -0.890. The Morgan fingerprint density at radius 1 is 1.15 bits per heavy atom. The molecule has 0 bridgehead atoms. The molecule has 1 N–H and O–H groups in total. The van der Waals surface area contributed by atoms with Crippen molar-refractivity contribution in [1.29, 1.82) is 0 Å². The molecule has 0 heterocycles. The summed E-state index contributed by atoms with van der Waals surface area (Å²) in [6.45, 7) is 8.70. The van der Waals surface area contributed by atoms with Crippen LogP contribution in [-0.2, 0) is 0 Å². The van der Waals surface area contributed by atoms with Crippen molar-refractivity contribution >= 4 is 17.3 Å². The highest BCUT2D eigenvalue weighted by molar-refractivity contribution is 6.32. The molecule has 2 rings (SSSR count). The fraction of sp³-hybridized carbons (Fsp3) is 0.647. The lowest BCUT2D eigenvalue weighted by atomic mass is 9.80. The number of benzene rings is 1. The summed E-state index contributed by atoms with van der Waals surface area (Å²) in [7, 11) is 0. The van der Waals surface area contributed by atoms with Crippen molar-refractivity contribution in [3.63, 3.8) is 0 Å². The van der Waals surface area contributed by atoms with E-state index in [1.165, 1.54) is 19.3 Å². The van der Waals surface area contributed by atoms with Gasteiger partial charge < -0.3 is 10.1 Å². The van der Waals surface area contributed by atoms with Gasteiger partial charge in [-0.25, -0.2) is 0 Å². The second-order valence-corrected chi connectivity index (χ2v) is 6.98. The Bertz CT molecular complexity index is 437. The van der Waals surface area contributed by atoms with Crippen molar-refractivity contribution in [2.45, 2.75) is 59.1 Å². The molecule has 2 unspecified atom stereocenters. The fourth-order valence-corrected chi connectivity index (χ4v) is 3.47. The lowest BCUT2D eigenvalue weighted by Gasteiger charge is -2.32. The van der Waals surface area contributed by atoms with E-state index >= 15 is 0 Å². The van der Waals surface area contributed by atoms with Crippen LogP contribution >= 0.6 is 11.6 Å². The van der Waals surface area contributed by atoms with Crippen molar-refractivity contribution in [3.8, 4) is 5.75 Å². The van der Waals surface area contributed by atoms with Gasteiger partial charge in [0.1, 0.15) is 5.75 Å². The Balaban J connectivity index is 2.01. The van der Waals surface area contributed by atoms with E-state index in [4.69, 9.17) is 16.3 Å². The summed E-state index contributed by atoms with van der Waals surface area (Å²) in [4.78, 5) is 0. The van der Waals surface area contributed by atoms with E-state index in [0.717, 1.165) is 23.3 Å².